The van der Waals surface area contributed by atoms with Crippen LogP contribution in [0.3, 0.4) is 0 Å². The summed E-state index contributed by atoms with van der Waals surface area (Å²) in [5.74, 6) is 2.53. The number of aromatic nitrogens is 4. The lowest BCUT2D eigenvalue weighted by Gasteiger charge is -2.36. The van der Waals surface area contributed by atoms with Crippen molar-refractivity contribution in [1.82, 2.24) is 25.1 Å². The van der Waals surface area contributed by atoms with Gasteiger partial charge in [-0.05, 0) is 66.4 Å². The summed E-state index contributed by atoms with van der Waals surface area (Å²) in [5.41, 5.74) is 2.39. The van der Waals surface area contributed by atoms with Crippen molar-refractivity contribution in [3.05, 3.63) is 41.2 Å². The zero-order chi connectivity index (χ0) is 18.6. The monoisotopic (exact) mass is 367 g/mol. The minimum atomic E-state index is 0.0841. The number of ether oxygens (including phenoxy) is 1. The van der Waals surface area contributed by atoms with Crippen molar-refractivity contribution in [3.63, 3.8) is 0 Å². The Labute approximate surface area is 161 Å². The van der Waals surface area contributed by atoms with Gasteiger partial charge in [-0.25, -0.2) is 4.68 Å². The number of para-hydroxylation sites is 1. The van der Waals surface area contributed by atoms with Crippen LogP contribution in [-0.4, -0.2) is 44.8 Å². The molecule has 0 spiro atoms. The molecule has 0 amide bonds. The molecule has 0 saturated carbocycles. The van der Waals surface area contributed by atoms with Crippen LogP contribution >= 0.6 is 0 Å². The number of hydrogen-bond acceptors (Lipinski definition) is 5. The van der Waals surface area contributed by atoms with Gasteiger partial charge >= 0.3 is 0 Å². The van der Waals surface area contributed by atoms with Crippen LogP contribution in [0.15, 0.2) is 29.8 Å². The first-order valence-corrected chi connectivity index (χ1v) is 10.1. The number of piperidine rings is 1. The molecule has 1 unspecified atom stereocenters. The summed E-state index contributed by atoms with van der Waals surface area (Å²) in [6.45, 7) is 8.09. The van der Waals surface area contributed by atoms with E-state index in [0.717, 1.165) is 43.2 Å². The molecule has 1 aromatic carbocycles. The normalized spacial score (nSPS) is 18.7. The largest absolute Gasteiger partial charge is 0.489 e. The average Bonchev–Trinajstić information content (AvgIpc) is 3.15. The molecule has 1 fully saturated rings. The number of nitrogens with zero attached hydrogens (tertiary/aromatic N) is 5. The fourth-order valence-corrected chi connectivity index (χ4v) is 3.98. The highest BCUT2D eigenvalue weighted by molar-refractivity contribution is 5.63. The fraction of sp³-hybridized carbons (Fsp3) is 0.571. The molecule has 0 radical (unpaired) electrons. The number of fused-ring (bicyclic) bond motifs is 1. The first-order chi connectivity index (χ1) is 13.2. The molecule has 2 aliphatic rings. The third kappa shape index (κ3) is 4.05. The molecule has 1 atom stereocenters. The van der Waals surface area contributed by atoms with Gasteiger partial charge in [-0.3, -0.25) is 4.90 Å². The van der Waals surface area contributed by atoms with Gasteiger partial charge in [-0.2, -0.15) is 0 Å². The number of likely N-dealkylation sites (tertiary alicyclic amines) is 1. The maximum atomic E-state index is 6.07. The number of tetrazole rings is 1. The van der Waals surface area contributed by atoms with Crippen LogP contribution in [0.4, 0.5) is 0 Å². The highest BCUT2D eigenvalue weighted by Gasteiger charge is 2.32. The topological polar surface area (TPSA) is 56.1 Å². The molecule has 0 N–H and O–H groups in total. The molecular weight excluding hydrogens is 338 g/mol. The van der Waals surface area contributed by atoms with Crippen molar-refractivity contribution in [1.29, 1.82) is 0 Å². The SMILES string of the molecule is CC(C)CCn1nnnc1C(C1=Cc2ccccc2OC1)N1CCCCC1. The molecule has 1 aromatic heterocycles. The van der Waals surface area contributed by atoms with Crippen LogP contribution in [0, 0.1) is 5.92 Å². The Morgan fingerprint density at radius 3 is 2.74 bits per heavy atom. The number of aryl methyl sites for hydroxylation is 1. The summed E-state index contributed by atoms with van der Waals surface area (Å²) in [4.78, 5) is 2.53. The molecule has 144 valence electrons. The quantitative estimate of drug-likeness (QED) is 0.779. The van der Waals surface area contributed by atoms with Crippen molar-refractivity contribution in [2.45, 2.75) is 52.1 Å². The standard InChI is InChI=1S/C21H29N5O/c1-16(2)10-13-26-21(22-23-24-26)20(25-11-6-3-7-12-25)18-14-17-8-4-5-9-19(17)27-15-18/h4-5,8-9,14,16,20H,3,6-7,10-13,15H2,1-2H3. The van der Waals surface area contributed by atoms with Crippen molar-refractivity contribution in [2.75, 3.05) is 19.7 Å². The predicted octanol–water partition coefficient (Wildman–Crippen LogP) is 3.72. The lowest BCUT2D eigenvalue weighted by atomic mass is 9.97. The molecule has 6 heteroatoms. The first-order valence-electron chi connectivity index (χ1n) is 10.1. The van der Waals surface area contributed by atoms with E-state index in [-0.39, 0.29) is 6.04 Å². The van der Waals surface area contributed by atoms with Gasteiger partial charge in [0.1, 0.15) is 12.4 Å². The van der Waals surface area contributed by atoms with E-state index >= 15 is 0 Å². The predicted molar refractivity (Wildman–Crippen MR) is 105 cm³/mol. The minimum Gasteiger partial charge on any atom is -0.489 e. The molecule has 3 heterocycles. The minimum absolute atomic E-state index is 0.0841. The van der Waals surface area contributed by atoms with E-state index in [4.69, 9.17) is 4.74 Å². The van der Waals surface area contributed by atoms with Gasteiger partial charge in [-0.15, -0.1) is 5.10 Å². The van der Waals surface area contributed by atoms with Gasteiger partial charge in [-0.1, -0.05) is 38.5 Å². The third-order valence-electron chi connectivity index (χ3n) is 5.48. The highest BCUT2D eigenvalue weighted by atomic mass is 16.5. The Hall–Kier alpha value is -2.21. The molecular formula is C21H29N5O. The van der Waals surface area contributed by atoms with Crippen LogP contribution in [0.5, 0.6) is 5.75 Å². The van der Waals surface area contributed by atoms with Gasteiger partial charge in [0.05, 0.1) is 6.04 Å². The summed E-state index contributed by atoms with van der Waals surface area (Å²) < 4.78 is 8.07. The van der Waals surface area contributed by atoms with Crippen LogP contribution in [0.25, 0.3) is 6.08 Å². The number of benzene rings is 1. The van der Waals surface area contributed by atoms with Crippen molar-refractivity contribution in [3.8, 4) is 5.75 Å². The summed E-state index contributed by atoms with van der Waals surface area (Å²) in [7, 11) is 0. The zero-order valence-corrected chi connectivity index (χ0v) is 16.3. The summed E-state index contributed by atoms with van der Waals surface area (Å²) >= 11 is 0. The van der Waals surface area contributed by atoms with Crippen LogP contribution < -0.4 is 4.74 Å². The first kappa shape index (κ1) is 18.2. The number of hydrogen-bond donors (Lipinski definition) is 0. The second kappa shape index (κ2) is 8.21. The lowest BCUT2D eigenvalue weighted by Crippen LogP contribution is -2.38. The van der Waals surface area contributed by atoms with E-state index in [2.05, 4.69) is 52.5 Å². The Kier molecular flexibility index (Phi) is 5.53. The van der Waals surface area contributed by atoms with Gasteiger partial charge in [0.2, 0.25) is 0 Å². The molecule has 6 nitrogen and oxygen atoms in total. The van der Waals surface area contributed by atoms with E-state index in [1.54, 1.807) is 0 Å². The maximum Gasteiger partial charge on any atom is 0.172 e. The van der Waals surface area contributed by atoms with Gasteiger partial charge in [0.25, 0.3) is 0 Å². The van der Waals surface area contributed by atoms with Gasteiger partial charge in [0.15, 0.2) is 5.82 Å². The smallest absolute Gasteiger partial charge is 0.172 e. The summed E-state index contributed by atoms with van der Waals surface area (Å²) in [6.07, 6.45) is 7.12. The van der Waals surface area contributed by atoms with E-state index in [1.807, 2.05) is 16.8 Å². The zero-order valence-electron chi connectivity index (χ0n) is 16.3. The van der Waals surface area contributed by atoms with Crippen molar-refractivity contribution >= 4 is 6.08 Å². The second-order valence-electron chi connectivity index (χ2n) is 7.99. The van der Waals surface area contributed by atoms with Crippen LogP contribution in [0.1, 0.15) is 57.0 Å². The summed E-state index contributed by atoms with van der Waals surface area (Å²) in [6, 6.07) is 8.31. The Balaban J connectivity index is 1.69. The van der Waals surface area contributed by atoms with Crippen molar-refractivity contribution < 1.29 is 4.74 Å². The van der Waals surface area contributed by atoms with E-state index < -0.39 is 0 Å². The summed E-state index contributed by atoms with van der Waals surface area (Å²) in [5, 5.41) is 12.8. The Bertz CT molecular complexity index is 791. The third-order valence-corrected chi connectivity index (χ3v) is 5.48. The molecule has 2 aromatic rings. The van der Waals surface area contributed by atoms with Gasteiger partial charge in [0, 0.05) is 12.1 Å². The van der Waals surface area contributed by atoms with E-state index in [1.165, 1.54) is 24.8 Å². The van der Waals surface area contributed by atoms with E-state index in [0.29, 0.717) is 12.5 Å². The molecule has 27 heavy (non-hydrogen) atoms. The highest BCUT2D eigenvalue weighted by Crippen LogP contribution is 2.35. The van der Waals surface area contributed by atoms with Crippen molar-refractivity contribution in [2.24, 2.45) is 5.92 Å². The lowest BCUT2D eigenvalue weighted by molar-refractivity contribution is 0.164. The molecule has 0 aliphatic carbocycles. The molecule has 0 bridgehead atoms. The van der Waals surface area contributed by atoms with Gasteiger partial charge < -0.3 is 4.74 Å². The number of rotatable bonds is 6. The molecule has 2 aliphatic heterocycles. The van der Waals surface area contributed by atoms with Crippen LogP contribution in [-0.2, 0) is 6.54 Å². The fourth-order valence-electron chi connectivity index (χ4n) is 3.98. The second-order valence-corrected chi connectivity index (χ2v) is 7.99. The van der Waals surface area contributed by atoms with E-state index in [9.17, 15) is 0 Å². The molecule has 4 rings (SSSR count). The van der Waals surface area contributed by atoms with Crippen LogP contribution in [0.2, 0.25) is 0 Å². The Morgan fingerprint density at radius 1 is 1.11 bits per heavy atom. The molecule has 1 saturated heterocycles. The Morgan fingerprint density at radius 2 is 1.93 bits per heavy atom. The average molecular weight is 367 g/mol. The maximum absolute atomic E-state index is 6.07.